The van der Waals surface area contributed by atoms with Gasteiger partial charge in [0.2, 0.25) is 0 Å². The molecule has 0 fully saturated rings. The number of benzene rings is 5. The molecule has 42 heavy (non-hydrogen) atoms. The maximum atomic E-state index is 2.26. The fraction of sp³-hybridized carbons (Fsp3) is 0.100. The van der Waals surface area contributed by atoms with E-state index in [0.717, 1.165) is 21.4 Å². The molecule has 7 aromatic rings. The summed E-state index contributed by atoms with van der Waals surface area (Å²) in [5.41, 5.74) is 5.56. The molecule has 1 atom stereocenters. The van der Waals surface area contributed by atoms with Crippen molar-refractivity contribution >= 4 is 40.7 Å². The molecule has 0 bridgehead atoms. The van der Waals surface area contributed by atoms with E-state index in [4.69, 9.17) is 0 Å². The molecule has 0 aliphatic heterocycles. The SMILES string of the molecule is Cc1cc2ccccc2[cH-]1.Cc1ccccc1P[c-]1ccc2ccccc21.[Hf].c1ccc(CCc2ccccc2)cc1. The molecule has 0 aromatic heterocycles. The molecule has 0 radical (unpaired) electrons. The van der Waals surface area contributed by atoms with Crippen molar-refractivity contribution in [3.63, 3.8) is 0 Å². The quantitative estimate of drug-likeness (QED) is 0.0942. The minimum Gasteiger partial charge on any atom is -0.168 e. The molecule has 7 aromatic carbocycles. The molecule has 0 nitrogen and oxygen atoms in total. The number of fused-ring (bicyclic) bond motifs is 2. The summed E-state index contributed by atoms with van der Waals surface area (Å²) in [5, 5.41) is 8.34. The van der Waals surface area contributed by atoms with Crippen molar-refractivity contribution in [3.8, 4) is 0 Å². The third-order valence-electron chi connectivity index (χ3n) is 7.25. The Hall–Kier alpha value is -3.38. The van der Waals surface area contributed by atoms with E-state index in [1.54, 1.807) is 0 Å². The van der Waals surface area contributed by atoms with E-state index in [1.165, 1.54) is 54.4 Å². The average molecular weight is 727 g/mol. The Morgan fingerprint density at radius 2 is 1.12 bits per heavy atom. The molecule has 2 heteroatoms. The van der Waals surface area contributed by atoms with Gasteiger partial charge in [-0.3, -0.25) is 0 Å². The topological polar surface area (TPSA) is 0 Å². The molecule has 1 unspecified atom stereocenters. The first kappa shape index (κ1) is 31.6. The second-order valence-electron chi connectivity index (χ2n) is 10.4. The van der Waals surface area contributed by atoms with Crippen molar-refractivity contribution in [3.05, 3.63) is 180 Å². The Kier molecular flexibility index (Phi) is 12.3. The average Bonchev–Trinajstić information content (AvgIpc) is 3.61. The van der Waals surface area contributed by atoms with Gasteiger partial charge in [0, 0.05) is 25.8 Å². The van der Waals surface area contributed by atoms with Crippen LogP contribution in [0.1, 0.15) is 22.3 Å². The predicted molar refractivity (Wildman–Crippen MR) is 183 cm³/mol. The summed E-state index contributed by atoms with van der Waals surface area (Å²) >= 11 is 0. The van der Waals surface area contributed by atoms with Crippen LogP contribution in [0, 0.1) is 13.8 Å². The first-order valence-electron chi connectivity index (χ1n) is 14.3. The number of hydrogen-bond acceptors (Lipinski definition) is 0. The number of hydrogen-bond donors (Lipinski definition) is 0. The number of aryl methyl sites for hydroxylation is 4. The van der Waals surface area contributed by atoms with Crippen LogP contribution in [-0.4, -0.2) is 0 Å². The van der Waals surface area contributed by atoms with E-state index < -0.39 is 0 Å². The van der Waals surface area contributed by atoms with Crippen molar-refractivity contribution in [2.45, 2.75) is 26.7 Å². The second-order valence-corrected chi connectivity index (χ2v) is 11.7. The van der Waals surface area contributed by atoms with Gasteiger partial charge in [-0.1, -0.05) is 104 Å². The molecule has 0 heterocycles. The fourth-order valence-corrected chi connectivity index (χ4v) is 6.28. The van der Waals surface area contributed by atoms with Crippen LogP contribution >= 0.6 is 8.58 Å². The Morgan fingerprint density at radius 3 is 1.76 bits per heavy atom. The predicted octanol–water partition coefficient (Wildman–Crippen LogP) is 9.83. The van der Waals surface area contributed by atoms with Gasteiger partial charge in [0.15, 0.2) is 0 Å². The summed E-state index contributed by atoms with van der Waals surface area (Å²) < 4.78 is 0. The summed E-state index contributed by atoms with van der Waals surface area (Å²) in [6.07, 6.45) is 2.26. The van der Waals surface area contributed by atoms with Crippen molar-refractivity contribution in [1.82, 2.24) is 0 Å². The number of rotatable bonds is 5. The van der Waals surface area contributed by atoms with E-state index in [-0.39, 0.29) is 25.8 Å². The summed E-state index contributed by atoms with van der Waals surface area (Å²) in [4.78, 5) is 0. The third-order valence-corrected chi connectivity index (χ3v) is 8.78. The van der Waals surface area contributed by atoms with Gasteiger partial charge in [0.05, 0.1) is 0 Å². The Labute approximate surface area is 271 Å². The Balaban J connectivity index is 0.000000148. The maximum Gasteiger partial charge on any atom is 0 e. The van der Waals surface area contributed by atoms with E-state index >= 15 is 0 Å². The second kappa shape index (κ2) is 16.3. The van der Waals surface area contributed by atoms with Gasteiger partial charge >= 0.3 is 0 Å². The third kappa shape index (κ3) is 9.06. The van der Waals surface area contributed by atoms with Gasteiger partial charge in [-0.05, 0) is 41.8 Å². The molecule has 208 valence electrons. The van der Waals surface area contributed by atoms with Crippen LogP contribution < -0.4 is 10.6 Å². The van der Waals surface area contributed by atoms with Crippen LogP contribution in [0.3, 0.4) is 0 Å². The Morgan fingerprint density at radius 1 is 0.571 bits per heavy atom. The van der Waals surface area contributed by atoms with E-state index in [2.05, 4.69) is 172 Å². The molecular weight excluding hydrogens is 690 g/mol. The molecule has 0 aliphatic rings. The van der Waals surface area contributed by atoms with Crippen molar-refractivity contribution in [2.24, 2.45) is 0 Å². The zero-order valence-electron chi connectivity index (χ0n) is 24.4. The van der Waals surface area contributed by atoms with Gasteiger partial charge in [-0.2, -0.15) is 12.1 Å². The summed E-state index contributed by atoms with van der Waals surface area (Å²) in [6.45, 7) is 4.31. The maximum absolute atomic E-state index is 2.26. The zero-order chi connectivity index (χ0) is 28.3. The smallest absolute Gasteiger partial charge is 0 e. The molecule has 0 amide bonds. The van der Waals surface area contributed by atoms with Crippen LogP contribution in [0.5, 0.6) is 0 Å². The first-order valence-corrected chi connectivity index (χ1v) is 15.3. The first-order chi connectivity index (χ1) is 20.2. The van der Waals surface area contributed by atoms with Crippen LogP contribution in [0.15, 0.2) is 158 Å². The van der Waals surface area contributed by atoms with Gasteiger partial charge < -0.3 is 0 Å². The van der Waals surface area contributed by atoms with E-state index in [1.807, 2.05) is 0 Å². The monoisotopic (exact) mass is 728 g/mol. The minimum absolute atomic E-state index is 0. The minimum atomic E-state index is 0. The van der Waals surface area contributed by atoms with Gasteiger partial charge in [-0.15, -0.1) is 89.5 Å². The van der Waals surface area contributed by atoms with Crippen LogP contribution in [0.4, 0.5) is 0 Å². The van der Waals surface area contributed by atoms with E-state index in [9.17, 15) is 0 Å². The largest absolute Gasteiger partial charge is 0.168 e. The molecule has 0 saturated carbocycles. The van der Waals surface area contributed by atoms with Crippen LogP contribution in [0.25, 0.3) is 21.5 Å². The summed E-state index contributed by atoms with van der Waals surface area (Å²) in [7, 11) is 0.754. The molecule has 7 rings (SSSR count). The molecule has 0 spiro atoms. The van der Waals surface area contributed by atoms with Gasteiger partial charge in [0.25, 0.3) is 0 Å². The summed E-state index contributed by atoms with van der Waals surface area (Å²) in [6, 6.07) is 55.8. The van der Waals surface area contributed by atoms with Crippen molar-refractivity contribution in [1.29, 1.82) is 0 Å². The van der Waals surface area contributed by atoms with Crippen molar-refractivity contribution in [2.75, 3.05) is 0 Å². The molecule has 0 N–H and O–H groups in total. The zero-order valence-corrected chi connectivity index (χ0v) is 29.0. The van der Waals surface area contributed by atoms with Crippen molar-refractivity contribution < 1.29 is 25.8 Å². The molecular formula is C40H37HfP-2. The normalized spacial score (nSPS) is 10.5. The Bertz CT molecular complexity index is 1700. The fourth-order valence-electron chi connectivity index (χ4n) is 5.00. The van der Waals surface area contributed by atoms with Crippen LogP contribution in [0.2, 0.25) is 0 Å². The summed E-state index contributed by atoms with van der Waals surface area (Å²) in [5.74, 6) is 0. The van der Waals surface area contributed by atoms with Gasteiger partial charge in [0.1, 0.15) is 0 Å². The van der Waals surface area contributed by atoms with Gasteiger partial charge in [-0.25, -0.2) is 0 Å². The molecule has 0 aliphatic carbocycles. The molecule has 0 saturated heterocycles. The van der Waals surface area contributed by atoms with E-state index in [0.29, 0.717) is 0 Å². The van der Waals surface area contributed by atoms with Crippen LogP contribution in [-0.2, 0) is 38.7 Å². The standard InChI is InChI=1S/C16H14P.C14H14.C10H9.Hf/c1-12-6-2-5-9-15(12)17-16-11-10-13-7-3-4-8-14(13)16;1-3-7-13(8-4-1)11-12-14-9-5-2-6-10-14;1-8-6-9-4-2-3-5-10(9)7-8;/h2-11,17H,1H3;1-10H,11-12H2;2-7H,1H3;/q-1;;-1;.